The molecular formula is C42H30O3S3. The zero-order chi connectivity index (χ0) is 33.2. The molecule has 3 nitrogen and oxygen atoms in total. The molecule has 0 aliphatic rings. The van der Waals surface area contributed by atoms with Gasteiger partial charge < -0.3 is 0 Å². The van der Waals surface area contributed by atoms with E-state index in [1.807, 2.05) is 128 Å². The van der Waals surface area contributed by atoms with Gasteiger partial charge in [0.15, 0.2) is 16.3 Å². The fourth-order valence-electron chi connectivity index (χ4n) is 5.74. The van der Waals surface area contributed by atoms with E-state index >= 15 is 0 Å². The van der Waals surface area contributed by atoms with Crippen LogP contribution in [0, 0.1) is 6.92 Å². The molecule has 0 aliphatic carbocycles. The van der Waals surface area contributed by atoms with Gasteiger partial charge in [-0.3, -0.25) is 14.4 Å². The number of aryl methyl sites for hydroxylation is 2. The number of hydrogen-bond acceptors (Lipinski definition) is 6. The summed E-state index contributed by atoms with van der Waals surface area (Å²) in [7, 11) is 0. The highest BCUT2D eigenvalue weighted by Crippen LogP contribution is 2.27. The highest BCUT2D eigenvalue weighted by molar-refractivity contribution is 7.25. The van der Waals surface area contributed by atoms with E-state index in [-0.39, 0.29) is 16.3 Å². The van der Waals surface area contributed by atoms with Gasteiger partial charge >= 0.3 is 0 Å². The lowest BCUT2D eigenvalue weighted by molar-refractivity contribution is 1.15. The van der Waals surface area contributed by atoms with Gasteiger partial charge in [0.2, 0.25) is 0 Å². The standard InChI is InChI=1S/C15H12OS.C14H10OS.C13H8OS/c1-2-10-7-8-14-12(9-10)15(16)11-5-3-4-6-13(11)17-14;1-9-6-7-13-11(8-9)14(15)10-4-2-3-5-12(10)16-13;14-13-9-5-1-3-7-11(9)15-12-8-4-2-6-10(12)13/h3-9H,2H2,1H3;2-8H,1H3;1-8H. The van der Waals surface area contributed by atoms with Crippen molar-refractivity contribution in [3.63, 3.8) is 0 Å². The van der Waals surface area contributed by atoms with Gasteiger partial charge in [-0.05, 0) is 91.7 Å². The van der Waals surface area contributed by atoms with Crippen LogP contribution in [0.4, 0.5) is 0 Å². The molecule has 0 radical (unpaired) electrons. The second kappa shape index (κ2) is 13.6. The number of fused-ring (bicyclic) bond motifs is 6. The monoisotopic (exact) mass is 678 g/mol. The molecule has 0 unspecified atom stereocenters. The van der Waals surface area contributed by atoms with Crippen LogP contribution in [0.1, 0.15) is 18.1 Å². The molecule has 0 N–H and O–H groups in total. The minimum atomic E-state index is 0.139. The largest absolute Gasteiger partial charge is 0.289 e. The van der Waals surface area contributed by atoms with Crippen molar-refractivity contribution in [1.29, 1.82) is 0 Å². The minimum absolute atomic E-state index is 0.139. The van der Waals surface area contributed by atoms with Crippen LogP contribution >= 0.6 is 34.0 Å². The summed E-state index contributed by atoms with van der Waals surface area (Å²) in [6.45, 7) is 4.12. The van der Waals surface area contributed by atoms with Gasteiger partial charge in [0.1, 0.15) is 0 Å². The summed E-state index contributed by atoms with van der Waals surface area (Å²) in [4.78, 5) is 36.7. The first kappa shape index (κ1) is 31.6. The maximum atomic E-state index is 12.4. The van der Waals surface area contributed by atoms with Crippen molar-refractivity contribution in [3.05, 3.63) is 175 Å². The van der Waals surface area contributed by atoms with Gasteiger partial charge in [0.25, 0.3) is 0 Å². The first-order valence-electron chi connectivity index (χ1n) is 15.7. The van der Waals surface area contributed by atoms with Crippen LogP contribution < -0.4 is 16.3 Å². The Morgan fingerprint density at radius 1 is 0.396 bits per heavy atom. The molecule has 234 valence electrons. The molecule has 6 aromatic carbocycles. The van der Waals surface area contributed by atoms with Crippen molar-refractivity contribution < 1.29 is 0 Å². The predicted octanol–water partition coefficient (Wildman–Crippen LogP) is 11.1. The molecule has 0 amide bonds. The fourth-order valence-corrected chi connectivity index (χ4v) is 8.91. The predicted molar refractivity (Wildman–Crippen MR) is 211 cm³/mol. The average molecular weight is 679 g/mol. The van der Waals surface area contributed by atoms with E-state index in [2.05, 4.69) is 19.1 Å². The molecule has 6 heteroatoms. The molecule has 9 rings (SSSR count). The normalized spacial score (nSPS) is 11.0. The maximum absolute atomic E-state index is 12.4. The van der Waals surface area contributed by atoms with Crippen LogP contribution in [0.2, 0.25) is 0 Å². The molecule has 0 saturated carbocycles. The van der Waals surface area contributed by atoms with Crippen molar-refractivity contribution in [3.8, 4) is 0 Å². The molecular weight excluding hydrogens is 649 g/mol. The topological polar surface area (TPSA) is 51.2 Å². The summed E-state index contributed by atoms with van der Waals surface area (Å²) in [6.07, 6.45) is 0.965. The first-order valence-corrected chi connectivity index (χ1v) is 18.1. The Morgan fingerprint density at radius 3 is 1.15 bits per heavy atom. The number of hydrogen-bond donors (Lipinski definition) is 0. The molecule has 48 heavy (non-hydrogen) atoms. The number of rotatable bonds is 1. The van der Waals surface area contributed by atoms with Gasteiger partial charge in [0, 0.05) is 60.5 Å². The Kier molecular flexibility index (Phi) is 8.96. The Bertz CT molecular complexity index is 2750. The second-order valence-electron chi connectivity index (χ2n) is 11.5. The highest BCUT2D eigenvalue weighted by atomic mass is 32.1. The van der Waals surface area contributed by atoms with Crippen molar-refractivity contribution >= 4 is 94.5 Å². The summed E-state index contributed by atoms with van der Waals surface area (Å²) in [5.74, 6) is 0. The zero-order valence-electron chi connectivity index (χ0n) is 26.4. The fraction of sp³-hybridized carbons (Fsp3) is 0.0714. The Hall–Kier alpha value is -5.01. The second-order valence-corrected chi connectivity index (χ2v) is 14.7. The first-order chi connectivity index (χ1) is 23.4. The van der Waals surface area contributed by atoms with E-state index in [9.17, 15) is 14.4 Å². The zero-order valence-corrected chi connectivity index (χ0v) is 28.8. The molecule has 0 atom stereocenters. The third-order valence-corrected chi connectivity index (χ3v) is 11.7. The molecule has 0 bridgehead atoms. The van der Waals surface area contributed by atoms with Crippen molar-refractivity contribution in [2.45, 2.75) is 20.3 Å². The third kappa shape index (κ3) is 6.18. The van der Waals surface area contributed by atoms with Gasteiger partial charge in [-0.1, -0.05) is 73.2 Å². The molecule has 0 aliphatic heterocycles. The van der Waals surface area contributed by atoms with Crippen LogP contribution in [0.25, 0.3) is 60.5 Å². The van der Waals surface area contributed by atoms with Gasteiger partial charge in [-0.15, -0.1) is 34.0 Å². The van der Waals surface area contributed by atoms with Crippen LogP contribution in [-0.4, -0.2) is 0 Å². The van der Waals surface area contributed by atoms with E-state index in [0.717, 1.165) is 72.5 Å². The van der Waals surface area contributed by atoms with Gasteiger partial charge in [-0.25, -0.2) is 0 Å². The summed E-state index contributed by atoms with van der Waals surface area (Å²) in [5.41, 5.74) is 2.79. The van der Waals surface area contributed by atoms with Crippen LogP contribution in [0.3, 0.4) is 0 Å². The van der Waals surface area contributed by atoms with E-state index in [1.165, 1.54) is 5.56 Å². The lowest BCUT2D eigenvalue weighted by atomic mass is 10.1. The Balaban J connectivity index is 0.000000114. The van der Waals surface area contributed by atoms with Crippen molar-refractivity contribution in [2.75, 3.05) is 0 Å². The molecule has 9 aromatic rings. The van der Waals surface area contributed by atoms with Crippen LogP contribution in [-0.2, 0) is 6.42 Å². The van der Waals surface area contributed by atoms with Crippen LogP contribution in [0.5, 0.6) is 0 Å². The smallest absolute Gasteiger partial charge is 0.195 e. The molecule has 3 heterocycles. The van der Waals surface area contributed by atoms with E-state index in [0.29, 0.717) is 0 Å². The third-order valence-electron chi connectivity index (χ3n) is 8.26. The maximum Gasteiger partial charge on any atom is 0.195 e. The summed E-state index contributed by atoms with van der Waals surface area (Å²) in [6, 6.07) is 43.4. The molecule has 3 aromatic heterocycles. The Labute approximate surface area is 288 Å². The number of benzene rings is 6. The SMILES string of the molecule is CCc1ccc2sc3ccccc3c(=O)c2c1.Cc1ccc2sc3ccccc3c(=O)c2c1.O=c1c2ccccc2sc2ccccc12. The van der Waals surface area contributed by atoms with E-state index in [1.54, 1.807) is 34.0 Å². The summed E-state index contributed by atoms with van der Waals surface area (Å²) in [5, 5.41) is 4.99. The summed E-state index contributed by atoms with van der Waals surface area (Å²) < 4.78 is 6.38. The quantitative estimate of drug-likeness (QED) is 0.162. The van der Waals surface area contributed by atoms with Crippen molar-refractivity contribution in [2.24, 2.45) is 0 Å². The highest BCUT2D eigenvalue weighted by Gasteiger charge is 2.07. The van der Waals surface area contributed by atoms with E-state index < -0.39 is 0 Å². The lowest BCUT2D eigenvalue weighted by Crippen LogP contribution is -2.01. The lowest BCUT2D eigenvalue weighted by Gasteiger charge is -2.02. The molecule has 0 spiro atoms. The Morgan fingerprint density at radius 2 is 0.729 bits per heavy atom. The summed E-state index contributed by atoms with van der Waals surface area (Å²) >= 11 is 5.02. The van der Waals surface area contributed by atoms with Gasteiger partial charge in [0.05, 0.1) is 0 Å². The average Bonchev–Trinajstić information content (AvgIpc) is 3.13. The van der Waals surface area contributed by atoms with Gasteiger partial charge in [-0.2, -0.15) is 0 Å². The molecule has 0 fully saturated rings. The molecule has 0 saturated heterocycles. The minimum Gasteiger partial charge on any atom is -0.289 e. The van der Waals surface area contributed by atoms with Crippen molar-refractivity contribution in [1.82, 2.24) is 0 Å². The van der Waals surface area contributed by atoms with E-state index in [4.69, 9.17) is 0 Å². The van der Waals surface area contributed by atoms with Crippen LogP contribution in [0.15, 0.2) is 148 Å².